The van der Waals surface area contributed by atoms with Gasteiger partial charge < -0.3 is 10.2 Å². The van der Waals surface area contributed by atoms with E-state index < -0.39 is 10.0 Å². The number of hydrogen-bond donors (Lipinski definition) is 2. The molecule has 0 saturated heterocycles. The van der Waals surface area contributed by atoms with Crippen molar-refractivity contribution in [3.8, 4) is 6.07 Å². The molecule has 1 fully saturated rings. The summed E-state index contributed by atoms with van der Waals surface area (Å²) in [6.07, 6.45) is 7.56. The molecule has 1 aromatic carbocycles. The second kappa shape index (κ2) is 8.47. The molecule has 1 aliphatic rings. The van der Waals surface area contributed by atoms with Crippen molar-refractivity contribution in [2.45, 2.75) is 49.5 Å². The van der Waals surface area contributed by atoms with E-state index in [0.29, 0.717) is 17.3 Å². The second-order valence-corrected chi connectivity index (χ2v) is 7.98. The minimum atomic E-state index is -3.79. The SMILES string of the molecule is CN(CCCNc1ccc(S(N)(=O)=O)cc1C#N)C1CCCCC1. The first-order valence-electron chi connectivity index (χ1n) is 8.43. The van der Waals surface area contributed by atoms with Crippen LogP contribution in [-0.2, 0) is 10.0 Å². The van der Waals surface area contributed by atoms with Crippen LogP contribution >= 0.6 is 0 Å². The minimum Gasteiger partial charge on any atom is -0.384 e. The van der Waals surface area contributed by atoms with Gasteiger partial charge in [0.15, 0.2) is 0 Å². The topological polar surface area (TPSA) is 99.2 Å². The van der Waals surface area contributed by atoms with Gasteiger partial charge in [0.1, 0.15) is 6.07 Å². The summed E-state index contributed by atoms with van der Waals surface area (Å²) in [5.74, 6) is 0. The maximum Gasteiger partial charge on any atom is 0.238 e. The molecule has 2 rings (SSSR count). The molecule has 132 valence electrons. The Hall–Kier alpha value is -1.62. The van der Waals surface area contributed by atoms with Gasteiger partial charge in [0.25, 0.3) is 0 Å². The van der Waals surface area contributed by atoms with Gasteiger partial charge in [-0.05, 0) is 51.1 Å². The smallest absolute Gasteiger partial charge is 0.238 e. The van der Waals surface area contributed by atoms with Crippen LogP contribution in [0.3, 0.4) is 0 Å². The fourth-order valence-corrected chi connectivity index (χ4v) is 3.74. The second-order valence-electron chi connectivity index (χ2n) is 6.42. The van der Waals surface area contributed by atoms with E-state index in [1.165, 1.54) is 44.2 Å². The summed E-state index contributed by atoms with van der Waals surface area (Å²) in [6, 6.07) is 7.05. The number of nitrogens with zero attached hydrogens (tertiary/aromatic N) is 2. The number of nitrogens with one attached hydrogen (secondary N) is 1. The summed E-state index contributed by atoms with van der Waals surface area (Å²) < 4.78 is 22.7. The predicted molar refractivity (Wildman–Crippen MR) is 95.1 cm³/mol. The molecule has 0 spiro atoms. The van der Waals surface area contributed by atoms with Gasteiger partial charge in [-0.2, -0.15) is 5.26 Å². The third kappa shape index (κ3) is 5.20. The maximum atomic E-state index is 11.3. The summed E-state index contributed by atoms with van der Waals surface area (Å²) in [5.41, 5.74) is 0.937. The van der Waals surface area contributed by atoms with Crippen LogP contribution in [0.5, 0.6) is 0 Å². The number of anilines is 1. The normalized spacial score (nSPS) is 16.1. The molecule has 0 radical (unpaired) electrons. The summed E-state index contributed by atoms with van der Waals surface area (Å²) >= 11 is 0. The van der Waals surface area contributed by atoms with Crippen molar-refractivity contribution in [3.05, 3.63) is 23.8 Å². The van der Waals surface area contributed by atoms with Gasteiger partial charge in [-0.15, -0.1) is 0 Å². The summed E-state index contributed by atoms with van der Waals surface area (Å²) in [7, 11) is -1.61. The molecule has 1 aliphatic carbocycles. The van der Waals surface area contributed by atoms with Crippen molar-refractivity contribution in [2.24, 2.45) is 5.14 Å². The Bertz CT molecular complexity index is 691. The van der Waals surface area contributed by atoms with Crippen molar-refractivity contribution < 1.29 is 8.42 Å². The number of benzene rings is 1. The van der Waals surface area contributed by atoms with Crippen molar-refractivity contribution in [1.29, 1.82) is 5.26 Å². The van der Waals surface area contributed by atoms with Crippen LogP contribution in [0.1, 0.15) is 44.1 Å². The molecule has 1 aromatic rings. The molecule has 7 heteroatoms. The molecule has 0 aliphatic heterocycles. The molecule has 0 heterocycles. The van der Waals surface area contributed by atoms with Gasteiger partial charge in [-0.3, -0.25) is 0 Å². The van der Waals surface area contributed by atoms with E-state index in [9.17, 15) is 13.7 Å². The average Bonchev–Trinajstić information content (AvgIpc) is 2.58. The summed E-state index contributed by atoms with van der Waals surface area (Å²) in [6.45, 7) is 1.75. The highest BCUT2D eigenvalue weighted by molar-refractivity contribution is 7.89. The van der Waals surface area contributed by atoms with E-state index in [-0.39, 0.29) is 4.90 Å². The third-order valence-electron chi connectivity index (χ3n) is 4.64. The highest BCUT2D eigenvalue weighted by Crippen LogP contribution is 2.22. The number of primary sulfonamides is 1. The molecule has 1 saturated carbocycles. The molecule has 0 amide bonds. The highest BCUT2D eigenvalue weighted by atomic mass is 32.2. The fourth-order valence-electron chi connectivity index (χ4n) is 3.20. The number of nitriles is 1. The van der Waals surface area contributed by atoms with E-state index in [0.717, 1.165) is 19.5 Å². The van der Waals surface area contributed by atoms with E-state index in [2.05, 4.69) is 17.3 Å². The van der Waals surface area contributed by atoms with Crippen LogP contribution < -0.4 is 10.5 Å². The molecule has 3 N–H and O–H groups in total. The van der Waals surface area contributed by atoms with E-state index in [1.807, 2.05) is 6.07 Å². The zero-order valence-corrected chi connectivity index (χ0v) is 15.0. The van der Waals surface area contributed by atoms with Crippen LogP contribution in [0, 0.1) is 11.3 Å². The molecule has 24 heavy (non-hydrogen) atoms. The van der Waals surface area contributed by atoms with Crippen LogP contribution in [0.15, 0.2) is 23.1 Å². The van der Waals surface area contributed by atoms with Gasteiger partial charge in [-0.1, -0.05) is 19.3 Å². The summed E-state index contributed by atoms with van der Waals surface area (Å²) in [4.78, 5) is 2.39. The van der Waals surface area contributed by atoms with Gasteiger partial charge >= 0.3 is 0 Å². The quantitative estimate of drug-likeness (QED) is 0.735. The third-order valence-corrected chi connectivity index (χ3v) is 5.55. The standard InChI is InChI=1S/C17H26N4O2S/c1-21(15-6-3-2-4-7-15)11-5-10-20-17-9-8-16(24(19,22)23)12-14(17)13-18/h8-9,12,15,20H,2-7,10-11H2,1H3,(H2,19,22,23). The number of rotatable bonds is 7. The Labute approximate surface area is 144 Å². The van der Waals surface area contributed by atoms with Gasteiger partial charge in [0.2, 0.25) is 10.0 Å². The van der Waals surface area contributed by atoms with Crippen LogP contribution in [0.25, 0.3) is 0 Å². The van der Waals surface area contributed by atoms with E-state index >= 15 is 0 Å². The number of hydrogen-bond acceptors (Lipinski definition) is 5. The monoisotopic (exact) mass is 350 g/mol. The van der Waals surface area contributed by atoms with E-state index in [4.69, 9.17) is 5.14 Å². The first-order valence-corrected chi connectivity index (χ1v) is 9.97. The molecular formula is C17H26N4O2S. The van der Waals surface area contributed by atoms with Gasteiger partial charge in [-0.25, -0.2) is 13.6 Å². The van der Waals surface area contributed by atoms with Gasteiger partial charge in [0.05, 0.1) is 16.1 Å². The van der Waals surface area contributed by atoms with Crippen molar-refractivity contribution in [3.63, 3.8) is 0 Å². The average molecular weight is 350 g/mol. The predicted octanol–water partition coefficient (Wildman–Crippen LogP) is 2.27. The molecule has 6 nitrogen and oxygen atoms in total. The molecule has 0 bridgehead atoms. The first kappa shape index (κ1) is 18.7. The molecule has 0 aromatic heterocycles. The molecular weight excluding hydrogens is 324 g/mol. The van der Waals surface area contributed by atoms with Crippen LogP contribution in [0.4, 0.5) is 5.69 Å². The van der Waals surface area contributed by atoms with E-state index in [1.54, 1.807) is 6.07 Å². The minimum absolute atomic E-state index is 0.0402. The lowest BCUT2D eigenvalue weighted by Gasteiger charge is -2.31. The highest BCUT2D eigenvalue weighted by Gasteiger charge is 2.17. The van der Waals surface area contributed by atoms with Crippen LogP contribution in [0.2, 0.25) is 0 Å². The zero-order chi connectivity index (χ0) is 17.6. The number of nitrogens with two attached hydrogens (primary N) is 1. The van der Waals surface area contributed by atoms with Gasteiger partial charge in [0, 0.05) is 12.6 Å². The Balaban J connectivity index is 1.85. The summed E-state index contributed by atoms with van der Waals surface area (Å²) in [5, 5.41) is 17.5. The fraction of sp³-hybridized carbons (Fsp3) is 0.588. The first-order chi connectivity index (χ1) is 11.4. The number of sulfonamides is 1. The van der Waals surface area contributed by atoms with Crippen molar-refractivity contribution in [1.82, 2.24) is 4.90 Å². The zero-order valence-electron chi connectivity index (χ0n) is 14.2. The Kier molecular flexibility index (Phi) is 6.60. The lowest BCUT2D eigenvalue weighted by Crippen LogP contribution is -2.34. The largest absolute Gasteiger partial charge is 0.384 e. The lowest BCUT2D eigenvalue weighted by atomic mass is 9.94. The lowest BCUT2D eigenvalue weighted by molar-refractivity contribution is 0.191. The Morgan fingerprint density at radius 3 is 2.67 bits per heavy atom. The van der Waals surface area contributed by atoms with Crippen molar-refractivity contribution in [2.75, 3.05) is 25.5 Å². The van der Waals surface area contributed by atoms with Crippen LogP contribution in [-0.4, -0.2) is 39.5 Å². The molecule has 0 unspecified atom stereocenters. The maximum absolute atomic E-state index is 11.3. The Morgan fingerprint density at radius 2 is 2.04 bits per heavy atom. The molecule has 0 atom stereocenters. The van der Waals surface area contributed by atoms with Crippen molar-refractivity contribution >= 4 is 15.7 Å². The Morgan fingerprint density at radius 1 is 1.33 bits per heavy atom.